The van der Waals surface area contributed by atoms with Crippen molar-refractivity contribution in [2.75, 3.05) is 11.1 Å². The molecular formula is C13H21N3. The zero-order valence-corrected chi connectivity index (χ0v) is 10.2. The van der Waals surface area contributed by atoms with E-state index in [9.17, 15) is 0 Å². The van der Waals surface area contributed by atoms with Crippen molar-refractivity contribution in [3.63, 3.8) is 0 Å². The van der Waals surface area contributed by atoms with Crippen molar-refractivity contribution in [3.05, 3.63) is 17.8 Å². The van der Waals surface area contributed by atoms with Gasteiger partial charge in [0.05, 0.1) is 5.69 Å². The van der Waals surface area contributed by atoms with Crippen LogP contribution in [0.1, 0.15) is 38.2 Å². The number of anilines is 2. The van der Waals surface area contributed by atoms with E-state index in [4.69, 9.17) is 5.73 Å². The fraction of sp³-hybridized carbons (Fsp3) is 0.615. The minimum absolute atomic E-state index is 0.533. The first-order chi connectivity index (χ1) is 7.68. The maximum absolute atomic E-state index is 6.02. The number of pyridine rings is 1. The Labute approximate surface area is 97.5 Å². The maximum atomic E-state index is 6.02. The number of aryl methyl sites for hydroxylation is 1. The number of nitrogens with two attached hydrogens (primary N) is 1. The quantitative estimate of drug-likeness (QED) is 0.804. The third-order valence-corrected chi connectivity index (χ3v) is 3.64. The van der Waals surface area contributed by atoms with Crippen molar-refractivity contribution in [1.82, 2.24) is 4.98 Å². The fourth-order valence-electron chi connectivity index (χ4n) is 2.39. The summed E-state index contributed by atoms with van der Waals surface area (Å²) >= 11 is 0. The molecule has 0 aromatic carbocycles. The van der Waals surface area contributed by atoms with Gasteiger partial charge in [0.15, 0.2) is 0 Å². The number of rotatable bonds is 2. The largest absolute Gasteiger partial charge is 0.396 e. The van der Waals surface area contributed by atoms with Gasteiger partial charge in [-0.15, -0.1) is 0 Å². The summed E-state index contributed by atoms with van der Waals surface area (Å²) in [6, 6.07) is 2.48. The van der Waals surface area contributed by atoms with Crippen LogP contribution in [0.4, 0.5) is 11.5 Å². The fourth-order valence-corrected chi connectivity index (χ4v) is 2.39. The lowest BCUT2D eigenvalue weighted by atomic mass is 9.86. The van der Waals surface area contributed by atoms with E-state index in [2.05, 4.69) is 17.2 Å². The molecule has 0 amide bonds. The topological polar surface area (TPSA) is 50.9 Å². The van der Waals surface area contributed by atoms with E-state index in [0.29, 0.717) is 6.04 Å². The summed E-state index contributed by atoms with van der Waals surface area (Å²) in [4.78, 5) is 4.33. The first-order valence-corrected chi connectivity index (χ1v) is 6.16. The van der Waals surface area contributed by atoms with Gasteiger partial charge in [0.2, 0.25) is 0 Å². The van der Waals surface area contributed by atoms with Crippen molar-refractivity contribution in [3.8, 4) is 0 Å². The molecule has 1 aromatic heterocycles. The van der Waals surface area contributed by atoms with Gasteiger partial charge in [0, 0.05) is 12.2 Å². The molecule has 0 radical (unpaired) electrons. The number of nitrogen functional groups attached to an aromatic ring is 1. The molecule has 0 aliphatic heterocycles. The molecule has 3 nitrogen and oxygen atoms in total. The predicted octanol–water partition coefficient (Wildman–Crippen LogP) is 2.96. The molecule has 1 aliphatic rings. The van der Waals surface area contributed by atoms with Crippen molar-refractivity contribution < 1.29 is 0 Å². The second-order valence-electron chi connectivity index (χ2n) is 4.90. The van der Waals surface area contributed by atoms with E-state index in [0.717, 1.165) is 23.0 Å². The van der Waals surface area contributed by atoms with E-state index in [1.807, 2.05) is 19.2 Å². The standard InChI is InChI=1S/C13H21N3/c1-9-5-3-4-6-11(9)16-13-12(14)10(2)7-8-15-13/h7-9,11H,3-6,14H2,1-2H3,(H,15,16). The van der Waals surface area contributed by atoms with Crippen molar-refractivity contribution in [2.45, 2.75) is 45.6 Å². The van der Waals surface area contributed by atoms with E-state index in [1.165, 1.54) is 25.7 Å². The molecule has 2 rings (SSSR count). The molecule has 1 aromatic rings. The highest BCUT2D eigenvalue weighted by Gasteiger charge is 2.21. The molecule has 3 N–H and O–H groups in total. The van der Waals surface area contributed by atoms with E-state index in [1.54, 1.807) is 0 Å². The van der Waals surface area contributed by atoms with Crippen LogP contribution in [0.5, 0.6) is 0 Å². The second kappa shape index (κ2) is 4.73. The van der Waals surface area contributed by atoms with Crippen LogP contribution in [0.3, 0.4) is 0 Å². The number of hydrogen-bond donors (Lipinski definition) is 2. The maximum Gasteiger partial charge on any atom is 0.149 e. The molecule has 1 aliphatic carbocycles. The Hall–Kier alpha value is -1.25. The van der Waals surface area contributed by atoms with Gasteiger partial charge in [0.1, 0.15) is 5.82 Å². The lowest BCUT2D eigenvalue weighted by Gasteiger charge is -2.30. The van der Waals surface area contributed by atoms with Crippen LogP contribution < -0.4 is 11.1 Å². The first kappa shape index (κ1) is 11.2. The molecule has 0 bridgehead atoms. The average Bonchev–Trinajstić information content (AvgIpc) is 2.28. The average molecular weight is 219 g/mol. The molecular weight excluding hydrogens is 198 g/mol. The SMILES string of the molecule is Cc1ccnc(NC2CCCCC2C)c1N. The predicted molar refractivity (Wildman–Crippen MR) is 68.4 cm³/mol. The molecule has 88 valence electrons. The number of hydrogen-bond acceptors (Lipinski definition) is 3. The van der Waals surface area contributed by atoms with Gasteiger partial charge in [-0.05, 0) is 37.3 Å². The van der Waals surface area contributed by atoms with Crippen molar-refractivity contribution in [2.24, 2.45) is 5.92 Å². The molecule has 16 heavy (non-hydrogen) atoms. The molecule has 1 fully saturated rings. The Bertz CT molecular complexity index is 362. The van der Waals surface area contributed by atoms with Gasteiger partial charge in [-0.3, -0.25) is 0 Å². The summed E-state index contributed by atoms with van der Waals surface area (Å²) in [6.07, 6.45) is 7.03. The Kier molecular flexibility index (Phi) is 3.32. The molecule has 0 spiro atoms. The Morgan fingerprint density at radius 1 is 1.38 bits per heavy atom. The molecule has 1 saturated carbocycles. The lowest BCUT2D eigenvalue weighted by Crippen LogP contribution is -2.31. The summed E-state index contributed by atoms with van der Waals surface area (Å²) < 4.78 is 0. The van der Waals surface area contributed by atoms with Gasteiger partial charge in [-0.25, -0.2) is 4.98 Å². The van der Waals surface area contributed by atoms with Gasteiger partial charge in [-0.2, -0.15) is 0 Å². The highest BCUT2D eigenvalue weighted by molar-refractivity contribution is 5.65. The zero-order valence-electron chi connectivity index (χ0n) is 10.2. The monoisotopic (exact) mass is 219 g/mol. The van der Waals surface area contributed by atoms with E-state index < -0.39 is 0 Å². The van der Waals surface area contributed by atoms with Gasteiger partial charge < -0.3 is 11.1 Å². The van der Waals surface area contributed by atoms with Gasteiger partial charge >= 0.3 is 0 Å². The van der Waals surface area contributed by atoms with Crippen LogP contribution in [-0.4, -0.2) is 11.0 Å². The highest BCUT2D eigenvalue weighted by Crippen LogP contribution is 2.28. The molecule has 1 heterocycles. The summed E-state index contributed by atoms with van der Waals surface area (Å²) in [5, 5.41) is 3.50. The summed E-state index contributed by atoms with van der Waals surface area (Å²) in [6.45, 7) is 4.33. The Balaban J connectivity index is 2.10. The number of nitrogens with one attached hydrogen (secondary N) is 1. The normalized spacial score (nSPS) is 25.4. The molecule has 2 atom stereocenters. The van der Waals surface area contributed by atoms with Crippen LogP contribution in [0.25, 0.3) is 0 Å². The van der Waals surface area contributed by atoms with Crippen LogP contribution in [0, 0.1) is 12.8 Å². The number of nitrogens with zero attached hydrogens (tertiary/aromatic N) is 1. The highest BCUT2D eigenvalue weighted by atomic mass is 15.0. The van der Waals surface area contributed by atoms with Crippen LogP contribution >= 0.6 is 0 Å². The smallest absolute Gasteiger partial charge is 0.149 e. The van der Waals surface area contributed by atoms with Gasteiger partial charge in [0.25, 0.3) is 0 Å². The molecule has 3 heteroatoms. The lowest BCUT2D eigenvalue weighted by molar-refractivity contribution is 0.349. The van der Waals surface area contributed by atoms with Gasteiger partial charge in [-0.1, -0.05) is 19.8 Å². The minimum Gasteiger partial charge on any atom is -0.396 e. The summed E-state index contributed by atoms with van der Waals surface area (Å²) in [5.74, 6) is 1.58. The number of aromatic nitrogens is 1. The third kappa shape index (κ3) is 2.29. The van der Waals surface area contributed by atoms with E-state index in [-0.39, 0.29) is 0 Å². The summed E-state index contributed by atoms with van der Waals surface area (Å²) in [5.41, 5.74) is 7.91. The van der Waals surface area contributed by atoms with Crippen LogP contribution in [0.2, 0.25) is 0 Å². The molecule has 2 unspecified atom stereocenters. The Morgan fingerprint density at radius 3 is 2.88 bits per heavy atom. The van der Waals surface area contributed by atoms with Crippen molar-refractivity contribution in [1.29, 1.82) is 0 Å². The Morgan fingerprint density at radius 2 is 2.12 bits per heavy atom. The van der Waals surface area contributed by atoms with Crippen LogP contribution in [0.15, 0.2) is 12.3 Å². The summed E-state index contributed by atoms with van der Waals surface area (Å²) in [7, 11) is 0. The third-order valence-electron chi connectivity index (χ3n) is 3.64. The minimum atomic E-state index is 0.533. The van der Waals surface area contributed by atoms with E-state index >= 15 is 0 Å². The molecule has 0 saturated heterocycles. The first-order valence-electron chi connectivity index (χ1n) is 6.16. The van der Waals surface area contributed by atoms with Crippen molar-refractivity contribution >= 4 is 11.5 Å². The second-order valence-corrected chi connectivity index (χ2v) is 4.90. The zero-order chi connectivity index (χ0) is 11.5. The van der Waals surface area contributed by atoms with Crippen LogP contribution in [-0.2, 0) is 0 Å².